The first-order valence-corrected chi connectivity index (χ1v) is 9.76. The third-order valence-corrected chi connectivity index (χ3v) is 5.37. The summed E-state index contributed by atoms with van der Waals surface area (Å²) in [6.45, 7) is 5.51. The van der Waals surface area contributed by atoms with Gasteiger partial charge in [-0.1, -0.05) is 0 Å². The molecule has 4 rings (SSSR count). The van der Waals surface area contributed by atoms with Crippen LogP contribution in [0, 0.1) is 18.7 Å². The minimum absolute atomic E-state index is 0.0172. The van der Waals surface area contributed by atoms with Gasteiger partial charge in [-0.25, -0.2) is 14.4 Å². The van der Waals surface area contributed by atoms with Crippen molar-refractivity contribution in [1.82, 2.24) is 15.3 Å². The van der Waals surface area contributed by atoms with E-state index in [0.717, 1.165) is 29.4 Å². The number of amides is 1. The average molecular weight is 388 g/mol. The van der Waals surface area contributed by atoms with Crippen molar-refractivity contribution in [2.75, 3.05) is 44.4 Å². The molecule has 1 atom stereocenters. The minimum Gasteiger partial charge on any atom is -0.376 e. The van der Waals surface area contributed by atoms with Crippen LogP contribution in [-0.4, -0.2) is 61.4 Å². The molecule has 0 bridgehead atoms. The Morgan fingerprint density at radius 1 is 1.29 bits per heavy atom. The van der Waals surface area contributed by atoms with E-state index in [0.29, 0.717) is 45.4 Å². The Balaban J connectivity index is 1.34. The van der Waals surface area contributed by atoms with Crippen LogP contribution < -0.4 is 10.2 Å². The Kier molecular flexibility index (Phi) is 5.68. The highest BCUT2D eigenvalue weighted by Crippen LogP contribution is 2.24. The Bertz CT molecular complexity index is 849. The molecule has 2 aliphatic heterocycles. The molecule has 150 valence electrons. The lowest BCUT2D eigenvalue weighted by Gasteiger charge is -2.32. The fourth-order valence-electron chi connectivity index (χ4n) is 3.73. The van der Waals surface area contributed by atoms with E-state index in [1.54, 1.807) is 6.07 Å². The van der Waals surface area contributed by atoms with Crippen LogP contribution in [-0.2, 0) is 14.3 Å². The van der Waals surface area contributed by atoms with Crippen LogP contribution in [0.25, 0.3) is 10.9 Å². The van der Waals surface area contributed by atoms with Gasteiger partial charge in [0.1, 0.15) is 5.82 Å². The number of aromatic nitrogens is 2. The zero-order chi connectivity index (χ0) is 19.5. The van der Waals surface area contributed by atoms with Crippen molar-refractivity contribution >= 4 is 22.8 Å². The molecule has 8 heteroatoms. The van der Waals surface area contributed by atoms with Gasteiger partial charge >= 0.3 is 0 Å². The number of hydrogen-bond acceptors (Lipinski definition) is 6. The molecule has 0 saturated carbocycles. The van der Waals surface area contributed by atoms with E-state index in [1.165, 1.54) is 12.1 Å². The molecule has 1 N–H and O–H groups in total. The highest BCUT2D eigenvalue weighted by Gasteiger charge is 2.27. The number of ether oxygens (including phenoxy) is 2. The van der Waals surface area contributed by atoms with Gasteiger partial charge in [0, 0.05) is 30.9 Å². The fourth-order valence-corrected chi connectivity index (χ4v) is 3.73. The lowest BCUT2D eigenvalue weighted by atomic mass is 9.96. The van der Waals surface area contributed by atoms with Gasteiger partial charge in [0.15, 0.2) is 0 Å². The first-order valence-electron chi connectivity index (χ1n) is 9.76. The summed E-state index contributed by atoms with van der Waals surface area (Å²) in [5, 5.41) is 3.71. The molecule has 28 heavy (non-hydrogen) atoms. The predicted molar refractivity (Wildman–Crippen MR) is 103 cm³/mol. The topological polar surface area (TPSA) is 76.6 Å². The molecule has 0 spiro atoms. The number of hydrogen-bond donors (Lipinski definition) is 1. The van der Waals surface area contributed by atoms with Crippen molar-refractivity contribution in [3.63, 3.8) is 0 Å². The zero-order valence-corrected chi connectivity index (χ0v) is 16.0. The third kappa shape index (κ3) is 4.23. The summed E-state index contributed by atoms with van der Waals surface area (Å²) in [5.41, 5.74) is 1.49. The van der Waals surface area contributed by atoms with E-state index < -0.39 is 0 Å². The Morgan fingerprint density at radius 2 is 2.11 bits per heavy atom. The van der Waals surface area contributed by atoms with Crippen molar-refractivity contribution < 1.29 is 18.7 Å². The van der Waals surface area contributed by atoms with E-state index in [4.69, 9.17) is 9.47 Å². The second kappa shape index (κ2) is 8.36. The first-order chi connectivity index (χ1) is 13.6. The van der Waals surface area contributed by atoms with Crippen molar-refractivity contribution in [2.24, 2.45) is 5.92 Å². The van der Waals surface area contributed by atoms with Gasteiger partial charge in [-0.3, -0.25) is 4.79 Å². The number of aryl methyl sites for hydroxylation is 1. The SMILES string of the molecule is Cc1nc(N2CCC(C(=O)NC[C@@H]3COCCO3)CC2)nc2ccc(F)cc12. The maximum Gasteiger partial charge on any atom is 0.226 e. The fraction of sp³-hybridized carbons (Fsp3) is 0.550. The van der Waals surface area contributed by atoms with E-state index >= 15 is 0 Å². The average Bonchev–Trinajstić information content (AvgIpc) is 2.73. The molecular weight excluding hydrogens is 363 g/mol. The summed E-state index contributed by atoms with van der Waals surface area (Å²) in [4.78, 5) is 23.7. The normalized spacial score (nSPS) is 21.1. The second-order valence-electron chi connectivity index (χ2n) is 7.34. The standard InChI is InChI=1S/C20H25FN4O3/c1-13-17-10-15(21)2-3-18(17)24-20(23-13)25-6-4-14(5-7-25)19(26)22-11-16-12-27-8-9-28-16/h2-3,10,14,16H,4-9,11-12H2,1H3,(H,22,26)/t16-/m1/s1. The number of benzene rings is 1. The van der Waals surface area contributed by atoms with E-state index in [1.807, 2.05) is 6.92 Å². The number of nitrogens with zero attached hydrogens (tertiary/aromatic N) is 3. The number of carbonyl (C=O) groups is 1. The molecule has 1 aromatic heterocycles. The summed E-state index contributed by atoms with van der Waals surface area (Å²) in [6, 6.07) is 4.56. The van der Waals surface area contributed by atoms with Gasteiger partial charge in [-0.15, -0.1) is 0 Å². The first kappa shape index (κ1) is 19.0. The van der Waals surface area contributed by atoms with Crippen molar-refractivity contribution in [1.29, 1.82) is 0 Å². The molecular formula is C20H25FN4O3. The molecule has 0 unspecified atom stereocenters. The number of anilines is 1. The van der Waals surface area contributed by atoms with Gasteiger partial charge in [-0.2, -0.15) is 0 Å². The second-order valence-corrected chi connectivity index (χ2v) is 7.34. The van der Waals surface area contributed by atoms with Crippen molar-refractivity contribution in [2.45, 2.75) is 25.9 Å². The molecule has 2 aliphatic rings. The predicted octanol–water partition coefficient (Wildman–Crippen LogP) is 1.83. The molecule has 0 radical (unpaired) electrons. The third-order valence-electron chi connectivity index (χ3n) is 5.37. The van der Waals surface area contributed by atoms with Crippen LogP contribution >= 0.6 is 0 Å². The van der Waals surface area contributed by atoms with Crippen LogP contribution in [0.1, 0.15) is 18.5 Å². The quantitative estimate of drug-likeness (QED) is 0.861. The summed E-state index contributed by atoms with van der Waals surface area (Å²) in [5.74, 6) is 0.406. The lowest BCUT2D eigenvalue weighted by molar-refractivity contribution is -0.128. The van der Waals surface area contributed by atoms with Gasteiger partial charge in [0.25, 0.3) is 0 Å². The molecule has 7 nitrogen and oxygen atoms in total. The highest BCUT2D eigenvalue weighted by molar-refractivity contribution is 5.82. The van der Waals surface area contributed by atoms with Crippen LogP contribution in [0.4, 0.5) is 10.3 Å². The van der Waals surface area contributed by atoms with Gasteiger partial charge in [0.05, 0.1) is 37.1 Å². The summed E-state index contributed by atoms with van der Waals surface area (Å²) in [6.07, 6.45) is 1.44. The zero-order valence-electron chi connectivity index (χ0n) is 16.0. The maximum atomic E-state index is 13.5. The van der Waals surface area contributed by atoms with Gasteiger partial charge in [0.2, 0.25) is 11.9 Å². The van der Waals surface area contributed by atoms with E-state index in [2.05, 4.69) is 20.2 Å². The van der Waals surface area contributed by atoms with Crippen molar-refractivity contribution in [3.05, 3.63) is 29.7 Å². The number of piperidine rings is 1. The molecule has 2 fully saturated rings. The summed E-state index contributed by atoms with van der Waals surface area (Å²) in [7, 11) is 0. The molecule has 1 aromatic carbocycles. The van der Waals surface area contributed by atoms with Crippen LogP contribution in [0.2, 0.25) is 0 Å². The largest absolute Gasteiger partial charge is 0.376 e. The van der Waals surface area contributed by atoms with Crippen molar-refractivity contribution in [3.8, 4) is 0 Å². The Morgan fingerprint density at radius 3 is 2.86 bits per heavy atom. The maximum absolute atomic E-state index is 13.5. The number of fused-ring (bicyclic) bond motifs is 1. The van der Waals surface area contributed by atoms with Crippen LogP contribution in [0.3, 0.4) is 0 Å². The number of nitrogens with one attached hydrogen (secondary N) is 1. The molecule has 1 amide bonds. The Hall–Kier alpha value is -2.32. The number of carbonyl (C=O) groups excluding carboxylic acids is 1. The van der Waals surface area contributed by atoms with Gasteiger partial charge in [-0.05, 0) is 38.0 Å². The van der Waals surface area contributed by atoms with E-state index in [-0.39, 0.29) is 23.7 Å². The minimum atomic E-state index is -0.288. The molecule has 2 aromatic rings. The smallest absolute Gasteiger partial charge is 0.226 e. The summed E-state index contributed by atoms with van der Waals surface area (Å²) >= 11 is 0. The van der Waals surface area contributed by atoms with Crippen LogP contribution in [0.15, 0.2) is 18.2 Å². The monoisotopic (exact) mass is 388 g/mol. The highest BCUT2D eigenvalue weighted by atomic mass is 19.1. The molecule has 2 saturated heterocycles. The number of rotatable bonds is 4. The molecule has 3 heterocycles. The summed E-state index contributed by atoms with van der Waals surface area (Å²) < 4.78 is 24.4. The van der Waals surface area contributed by atoms with Crippen LogP contribution in [0.5, 0.6) is 0 Å². The van der Waals surface area contributed by atoms with E-state index in [9.17, 15) is 9.18 Å². The lowest BCUT2D eigenvalue weighted by Crippen LogP contribution is -2.45. The number of halogens is 1. The molecule has 0 aliphatic carbocycles. The van der Waals surface area contributed by atoms with Gasteiger partial charge < -0.3 is 19.7 Å². The Labute approximate surface area is 163 Å².